The molecule has 88 valence electrons. The first-order valence-corrected chi connectivity index (χ1v) is 5.35. The summed E-state index contributed by atoms with van der Waals surface area (Å²) in [6.45, 7) is 0. The number of halogens is 3. The number of rotatable bonds is 2. The second-order valence-corrected chi connectivity index (χ2v) is 3.97. The molecule has 1 unspecified atom stereocenters. The van der Waals surface area contributed by atoms with Crippen molar-refractivity contribution in [1.29, 1.82) is 0 Å². The predicted molar refractivity (Wildman–Crippen MR) is 61.9 cm³/mol. The van der Waals surface area contributed by atoms with E-state index in [1.165, 1.54) is 36.4 Å². The zero-order valence-electron chi connectivity index (χ0n) is 8.70. The maximum atomic E-state index is 13.6. The van der Waals surface area contributed by atoms with Gasteiger partial charge in [0.05, 0.1) is 0 Å². The number of benzene rings is 2. The molecule has 2 aromatic carbocycles. The van der Waals surface area contributed by atoms with Crippen molar-refractivity contribution in [3.63, 3.8) is 0 Å². The van der Waals surface area contributed by atoms with Crippen LogP contribution in [0, 0.1) is 11.6 Å². The maximum Gasteiger partial charge on any atom is 0.130 e. The highest BCUT2D eigenvalue weighted by atomic mass is 35.5. The zero-order chi connectivity index (χ0) is 12.4. The van der Waals surface area contributed by atoms with Crippen LogP contribution >= 0.6 is 11.6 Å². The SMILES string of the molecule is OC(c1ccccc1F)c1c(F)cccc1Cl. The molecule has 17 heavy (non-hydrogen) atoms. The average Bonchev–Trinajstić information content (AvgIpc) is 2.29. The zero-order valence-corrected chi connectivity index (χ0v) is 9.46. The van der Waals surface area contributed by atoms with E-state index in [0.717, 1.165) is 0 Å². The van der Waals surface area contributed by atoms with Gasteiger partial charge in [0, 0.05) is 16.1 Å². The molecular weight excluding hydrogens is 246 g/mol. The van der Waals surface area contributed by atoms with Crippen molar-refractivity contribution in [3.05, 3.63) is 70.2 Å². The van der Waals surface area contributed by atoms with E-state index in [1.54, 1.807) is 6.07 Å². The fraction of sp³-hybridized carbons (Fsp3) is 0.0769. The Morgan fingerprint density at radius 2 is 1.59 bits per heavy atom. The maximum absolute atomic E-state index is 13.6. The first-order chi connectivity index (χ1) is 8.11. The molecule has 0 aliphatic heterocycles. The van der Waals surface area contributed by atoms with E-state index in [9.17, 15) is 13.9 Å². The van der Waals surface area contributed by atoms with E-state index in [0.29, 0.717) is 0 Å². The van der Waals surface area contributed by atoms with E-state index < -0.39 is 17.7 Å². The molecule has 4 heteroatoms. The summed E-state index contributed by atoms with van der Waals surface area (Å²) in [7, 11) is 0. The number of hydrogen-bond donors (Lipinski definition) is 1. The van der Waals surface area contributed by atoms with Crippen LogP contribution < -0.4 is 0 Å². The molecule has 0 heterocycles. The fourth-order valence-corrected chi connectivity index (χ4v) is 1.89. The van der Waals surface area contributed by atoms with E-state index in [-0.39, 0.29) is 16.1 Å². The molecule has 0 saturated heterocycles. The number of aliphatic hydroxyl groups is 1. The predicted octanol–water partition coefficient (Wildman–Crippen LogP) is 3.70. The Balaban J connectivity index is 2.51. The Bertz CT molecular complexity index is 522. The summed E-state index contributed by atoms with van der Waals surface area (Å²) >= 11 is 5.80. The normalized spacial score (nSPS) is 12.5. The first kappa shape index (κ1) is 12.0. The van der Waals surface area contributed by atoms with E-state index in [1.807, 2.05) is 0 Å². The molecule has 1 atom stereocenters. The lowest BCUT2D eigenvalue weighted by atomic mass is 10.0. The molecule has 0 spiro atoms. The summed E-state index contributed by atoms with van der Waals surface area (Å²) in [6, 6.07) is 9.70. The Morgan fingerprint density at radius 1 is 0.941 bits per heavy atom. The van der Waals surface area contributed by atoms with Crippen molar-refractivity contribution in [3.8, 4) is 0 Å². The monoisotopic (exact) mass is 254 g/mol. The van der Waals surface area contributed by atoms with Gasteiger partial charge in [-0.15, -0.1) is 0 Å². The summed E-state index contributed by atoms with van der Waals surface area (Å²) in [5.74, 6) is -1.26. The lowest BCUT2D eigenvalue weighted by Gasteiger charge is -2.14. The molecule has 1 N–H and O–H groups in total. The molecule has 0 bridgehead atoms. The van der Waals surface area contributed by atoms with Crippen molar-refractivity contribution >= 4 is 11.6 Å². The molecule has 2 aromatic rings. The lowest BCUT2D eigenvalue weighted by Crippen LogP contribution is -2.05. The quantitative estimate of drug-likeness (QED) is 0.866. The molecule has 0 aliphatic rings. The minimum atomic E-state index is -1.41. The van der Waals surface area contributed by atoms with Crippen LogP contribution in [0.4, 0.5) is 8.78 Å². The van der Waals surface area contributed by atoms with E-state index in [2.05, 4.69) is 0 Å². The van der Waals surface area contributed by atoms with Crippen LogP contribution in [-0.2, 0) is 0 Å². The van der Waals surface area contributed by atoms with Crippen LogP contribution in [0.2, 0.25) is 5.02 Å². The van der Waals surface area contributed by atoms with Crippen LogP contribution in [0.3, 0.4) is 0 Å². The molecule has 0 radical (unpaired) electrons. The highest BCUT2D eigenvalue weighted by molar-refractivity contribution is 6.31. The average molecular weight is 255 g/mol. The van der Waals surface area contributed by atoms with Gasteiger partial charge in [0.25, 0.3) is 0 Å². The smallest absolute Gasteiger partial charge is 0.130 e. The molecule has 0 saturated carbocycles. The summed E-state index contributed by atoms with van der Waals surface area (Å²) in [5.41, 5.74) is -0.112. The summed E-state index contributed by atoms with van der Waals surface area (Å²) in [5, 5.41) is 10.0. The Labute approximate surface area is 102 Å². The van der Waals surface area contributed by atoms with Gasteiger partial charge >= 0.3 is 0 Å². The van der Waals surface area contributed by atoms with E-state index >= 15 is 0 Å². The van der Waals surface area contributed by atoms with Crippen LogP contribution in [0.25, 0.3) is 0 Å². The minimum Gasteiger partial charge on any atom is -0.383 e. The summed E-state index contributed by atoms with van der Waals surface area (Å²) in [4.78, 5) is 0. The van der Waals surface area contributed by atoms with Gasteiger partial charge in [0.2, 0.25) is 0 Å². The molecule has 2 rings (SSSR count). The summed E-state index contributed by atoms with van der Waals surface area (Å²) < 4.78 is 27.0. The van der Waals surface area contributed by atoms with Gasteiger partial charge in [-0.1, -0.05) is 35.9 Å². The van der Waals surface area contributed by atoms with Gasteiger partial charge in [-0.05, 0) is 18.2 Å². The van der Waals surface area contributed by atoms with Crippen LogP contribution in [0.5, 0.6) is 0 Å². The van der Waals surface area contributed by atoms with Crippen LogP contribution in [-0.4, -0.2) is 5.11 Å². The van der Waals surface area contributed by atoms with Crippen molar-refractivity contribution in [2.24, 2.45) is 0 Å². The molecule has 0 aliphatic carbocycles. The van der Waals surface area contributed by atoms with Crippen molar-refractivity contribution in [2.75, 3.05) is 0 Å². The van der Waals surface area contributed by atoms with Crippen molar-refractivity contribution in [2.45, 2.75) is 6.10 Å². The second kappa shape index (κ2) is 4.82. The minimum absolute atomic E-state index is 0.000463. The number of hydrogen-bond acceptors (Lipinski definition) is 1. The van der Waals surface area contributed by atoms with Gasteiger partial charge in [-0.2, -0.15) is 0 Å². The van der Waals surface area contributed by atoms with E-state index in [4.69, 9.17) is 11.6 Å². The summed E-state index contributed by atoms with van der Waals surface area (Å²) in [6.07, 6.45) is -1.41. The Kier molecular flexibility index (Phi) is 3.41. The molecule has 0 aromatic heterocycles. The van der Waals surface area contributed by atoms with Gasteiger partial charge in [0.1, 0.15) is 17.7 Å². The highest BCUT2D eigenvalue weighted by Gasteiger charge is 2.20. The molecular formula is C13H9ClF2O. The van der Waals surface area contributed by atoms with Gasteiger partial charge in [0.15, 0.2) is 0 Å². The van der Waals surface area contributed by atoms with Crippen molar-refractivity contribution in [1.82, 2.24) is 0 Å². The van der Waals surface area contributed by atoms with Gasteiger partial charge < -0.3 is 5.11 Å². The second-order valence-electron chi connectivity index (χ2n) is 3.56. The third kappa shape index (κ3) is 2.30. The van der Waals surface area contributed by atoms with Gasteiger partial charge in [-0.25, -0.2) is 8.78 Å². The molecule has 1 nitrogen and oxygen atoms in total. The van der Waals surface area contributed by atoms with Crippen LogP contribution in [0.1, 0.15) is 17.2 Å². The standard InChI is InChI=1S/C13H9ClF2O/c14-9-5-3-7-11(16)12(9)13(17)8-4-1-2-6-10(8)15/h1-7,13,17H. The highest BCUT2D eigenvalue weighted by Crippen LogP contribution is 2.31. The first-order valence-electron chi connectivity index (χ1n) is 4.97. The third-order valence-corrected chi connectivity index (χ3v) is 2.80. The van der Waals surface area contributed by atoms with Crippen LogP contribution in [0.15, 0.2) is 42.5 Å². The molecule has 0 amide bonds. The molecule has 0 fully saturated rings. The fourth-order valence-electron chi connectivity index (χ4n) is 1.62. The lowest BCUT2D eigenvalue weighted by molar-refractivity contribution is 0.210. The third-order valence-electron chi connectivity index (χ3n) is 2.47. The largest absolute Gasteiger partial charge is 0.383 e. The number of aliphatic hydroxyl groups excluding tert-OH is 1. The van der Waals surface area contributed by atoms with Gasteiger partial charge in [-0.3, -0.25) is 0 Å². The topological polar surface area (TPSA) is 20.2 Å². The Morgan fingerprint density at radius 3 is 2.24 bits per heavy atom. The Hall–Kier alpha value is -1.45. The van der Waals surface area contributed by atoms with Crippen molar-refractivity contribution < 1.29 is 13.9 Å².